The number of aromatic nitrogens is 3. The zero-order valence-corrected chi connectivity index (χ0v) is 23.0. The van der Waals surface area contributed by atoms with Gasteiger partial charge in [0, 0.05) is 53.6 Å². The van der Waals surface area contributed by atoms with E-state index in [0.717, 1.165) is 37.0 Å². The summed E-state index contributed by atoms with van der Waals surface area (Å²) in [6, 6.07) is 5.17. The van der Waals surface area contributed by atoms with Gasteiger partial charge >= 0.3 is 12.1 Å². The number of piperidine rings is 1. The number of nitrogens with zero attached hydrogens (tertiary/aromatic N) is 4. The van der Waals surface area contributed by atoms with Gasteiger partial charge in [-0.1, -0.05) is 40.5 Å². The lowest BCUT2D eigenvalue weighted by atomic mass is 9.94. The molecule has 4 aromatic rings. The molecule has 0 unspecified atom stereocenters. The maximum Gasteiger partial charge on any atom is 0.417 e. The lowest BCUT2D eigenvalue weighted by Gasteiger charge is -2.32. The van der Waals surface area contributed by atoms with Crippen molar-refractivity contribution in [1.82, 2.24) is 15.1 Å². The van der Waals surface area contributed by atoms with Crippen LogP contribution in [0, 0.1) is 5.92 Å². The number of fused-ring (bicyclic) bond motifs is 1. The highest BCUT2D eigenvalue weighted by Gasteiger charge is 2.35. The molecular weight excluding hydrogens is 580 g/mol. The summed E-state index contributed by atoms with van der Waals surface area (Å²) in [6.07, 6.45) is 6.09. The SMILES string of the molecule is O=C(O)c1cc(C(F)(F)F)c2cc(N3CCC(C=Cc4c(-c5c(Cl)cncc5Cl)noc4C4CC4)CC3)ccc2n1. The van der Waals surface area contributed by atoms with Gasteiger partial charge in [0.05, 0.1) is 21.1 Å². The summed E-state index contributed by atoms with van der Waals surface area (Å²) in [4.78, 5) is 21.3. The van der Waals surface area contributed by atoms with Gasteiger partial charge in [0.15, 0.2) is 0 Å². The number of pyridine rings is 2. The summed E-state index contributed by atoms with van der Waals surface area (Å²) in [7, 11) is 0. The van der Waals surface area contributed by atoms with Gasteiger partial charge in [-0.25, -0.2) is 9.78 Å². The molecule has 7 nitrogen and oxygen atoms in total. The molecule has 212 valence electrons. The molecule has 12 heteroatoms. The van der Waals surface area contributed by atoms with E-state index in [2.05, 4.69) is 21.2 Å². The molecule has 6 rings (SSSR count). The quantitative estimate of drug-likeness (QED) is 0.238. The van der Waals surface area contributed by atoms with Crippen molar-refractivity contribution in [3.05, 3.63) is 75.4 Å². The van der Waals surface area contributed by atoms with Gasteiger partial charge in [-0.05, 0) is 55.9 Å². The third kappa shape index (κ3) is 5.50. The Kier molecular flexibility index (Phi) is 7.15. The number of carboxylic acid groups (broad SMARTS) is 1. The van der Waals surface area contributed by atoms with Crippen molar-refractivity contribution in [2.45, 2.75) is 37.8 Å². The van der Waals surface area contributed by atoms with E-state index in [1.54, 1.807) is 6.07 Å². The fourth-order valence-corrected chi connectivity index (χ4v) is 5.81. The van der Waals surface area contributed by atoms with Crippen molar-refractivity contribution in [3.8, 4) is 11.3 Å². The van der Waals surface area contributed by atoms with Gasteiger partial charge in [0.25, 0.3) is 0 Å². The van der Waals surface area contributed by atoms with Gasteiger partial charge in [0.1, 0.15) is 17.1 Å². The number of hydrogen-bond donors (Lipinski definition) is 1. The summed E-state index contributed by atoms with van der Waals surface area (Å²) in [5, 5.41) is 14.1. The Bertz CT molecular complexity index is 1660. The molecule has 1 saturated carbocycles. The molecule has 41 heavy (non-hydrogen) atoms. The molecule has 1 aliphatic carbocycles. The molecule has 3 aromatic heterocycles. The number of aromatic carboxylic acids is 1. The number of carboxylic acids is 1. The van der Waals surface area contributed by atoms with Gasteiger partial charge in [-0.2, -0.15) is 13.2 Å². The minimum absolute atomic E-state index is 0.0100. The predicted molar refractivity (Wildman–Crippen MR) is 149 cm³/mol. The molecule has 0 bridgehead atoms. The van der Waals surface area contributed by atoms with Crippen molar-refractivity contribution in [2.24, 2.45) is 5.92 Å². The minimum atomic E-state index is -4.72. The van der Waals surface area contributed by atoms with Crippen molar-refractivity contribution < 1.29 is 27.6 Å². The lowest BCUT2D eigenvalue weighted by molar-refractivity contribution is -0.136. The third-order valence-electron chi connectivity index (χ3n) is 7.55. The Morgan fingerprint density at radius 2 is 1.78 bits per heavy atom. The highest BCUT2D eigenvalue weighted by atomic mass is 35.5. The second-order valence-electron chi connectivity index (χ2n) is 10.3. The van der Waals surface area contributed by atoms with E-state index in [1.165, 1.54) is 24.5 Å². The van der Waals surface area contributed by atoms with Crippen LogP contribution < -0.4 is 4.90 Å². The van der Waals surface area contributed by atoms with Crippen molar-refractivity contribution in [2.75, 3.05) is 18.0 Å². The highest BCUT2D eigenvalue weighted by molar-refractivity contribution is 6.39. The van der Waals surface area contributed by atoms with E-state index in [9.17, 15) is 23.1 Å². The van der Waals surface area contributed by atoms with Crippen molar-refractivity contribution in [3.63, 3.8) is 0 Å². The molecule has 1 saturated heterocycles. The first-order valence-corrected chi connectivity index (χ1v) is 13.8. The third-order valence-corrected chi connectivity index (χ3v) is 8.12. The molecule has 1 N–H and O–H groups in total. The maximum absolute atomic E-state index is 13.8. The number of halogens is 5. The van der Waals surface area contributed by atoms with E-state index in [1.807, 2.05) is 11.0 Å². The monoisotopic (exact) mass is 602 g/mol. The van der Waals surface area contributed by atoms with Crippen LogP contribution >= 0.6 is 23.2 Å². The summed E-state index contributed by atoms with van der Waals surface area (Å²) in [5.74, 6) is -0.150. The number of anilines is 1. The second-order valence-corrected chi connectivity index (χ2v) is 11.1. The first-order chi connectivity index (χ1) is 19.6. The Balaban J connectivity index is 1.22. The van der Waals surface area contributed by atoms with Crippen LogP contribution in [0.3, 0.4) is 0 Å². The van der Waals surface area contributed by atoms with Crippen LogP contribution in [0.15, 0.2) is 47.3 Å². The molecule has 1 aromatic carbocycles. The first-order valence-electron chi connectivity index (χ1n) is 13.1. The highest BCUT2D eigenvalue weighted by Crippen LogP contribution is 2.46. The van der Waals surface area contributed by atoms with Crippen LogP contribution in [-0.2, 0) is 6.18 Å². The molecule has 2 fully saturated rings. The van der Waals surface area contributed by atoms with E-state index in [-0.39, 0.29) is 16.8 Å². The fourth-order valence-electron chi connectivity index (χ4n) is 5.27. The standard InChI is InChI=1S/C29H23Cl2F3N4O3/c30-21-13-35-14-22(31)25(21)26-18(27(41-37-26)16-2-3-16)5-1-15-7-9-38(10-8-15)17-4-6-23-19(11-17)20(29(32,33)34)12-24(36-23)28(39)40/h1,4-6,11-16H,2-3,7-10H2,(H,39,40). The summed E-state index contributed by atoms with van der Waals surface area (Å²) >= 11 is 12.8. The van der Waals surface area contributed by atoms with Crippen LogP contribution in [-0.4, -0.2) is 39.3 Å². The predicted octanol–water partition coefficient (Wildman–Crippen LogP) is 8.12. The fraction of sp³-hybridized carbons (Fsp3) is 0.310. The zero-order chi connectivity index (χ0) is 28.9. The van der Waals surface area contributed by atoms with Crippen LogP contribution in [0.5, 0.6) is 0 Å². The molecule has 1 aliphatic heterocycles. The largest absolute Gasteiger partial charge is 0.477 e. The topological polar surface area (TPSA) is 92.3 Å². The average molecular weight is 603 g/mol. The Morgan fingerprint density at radius 3 is 2.41 bits per heavy atom. The summed E-state index contributed by atoms with van der Waals surface area (Å²) in [6.45, 7) is 1.27. The number of allylic oxidation sites excluding steroid dienone is 1. The number of alkyl halides is 3. The molecule has 0 radical (unpaired) electrons. The average Bonchev–Trinajstić information content (AvgIpc) is 3.70. The first kappa shape index (κ1) is 27.5. The van der Waals surface area contributed by atoms with Gasteiger partial charge in [-0.3, -0.25) is 4.98 Å². The van der Waals surface area contributed by atoms with Crippen molar-refractivity contribution in [1.29, 1.82) is 0 Å². The Labute approximate surface area is 242 Å². The Hall–Kier alpha value is -3.63. The van der Waals surface area contributed by atoms with E-state index < -0.39 is 23.4 Å². The van der Waals surface area contributed by atoms with Gasteiger partial charge < -0.3 is 14.5 Å². The van der Waals surface area contributed by atoms with E-state index in [0.29, 0.717) is 52.1 Å². The van der Waals surface area contributed by atoms with Crippen LogP contribution in [0.25, 0.3) is 28.2 Å². The normalized spacial score (nSPS) is 16.7. The molecule has 0 spiro atoms. The minimum Gasteiger partial charge on any atom is -0.477 e. The number of rotatable bonds is 6. The van der Waals surface area contributed by atoms with Gasteiger partial charge in [-0.15, -0.1) is 0 Å². The van der Waals surface area contributed by atoms with Crippen LogP contribution in [0.2, 0.25) is 10.0 Å². The molecule has 2 aliphatic rings. The summed E-state index contributed by atoms with van der Waals surface area (Å²) < 4.78 is 47.1. The zero-order valence-electron chi connectivity index (χ0n) is 21.5. The molecule has 4 heterocycles. The van der Waals surface area contributed by atoms with Crippen LogP contribution in [0.1, 0.15) is 59.0 Å². The molecular formula is C29H23Cl2F3N4O3. The second kappa shape index (κ2) is 10.6. The number of carbonyl (C=O) groups is 1. The molecule has 0 amide bonds. The van der Waals surface area contributed by atoms with E-state index in [4.69, 9.17) is 27.7 Å². The van der Waals surface area contributed by atoms with Gasteiger partial charge in [0.2, 0.25) is 0 Å². The number of hydrogen-bond acceptors (Lipinski definition) is 6. The summed E-state index contributed by atoms with van der Waals surface area (Å²) in [5.41, 5.74) is 0.984. The van der Waals surface area contributed by atoms with Crippen LogP contribution in [0.4, 0.5) is 18.9 Å². The van der Waals surface area contributed by atoms with E-state index >= 15 is 0 Å². The van der Waals surface area contributed by atoms with Crippen molar-refractivity contribution >= 4 is 51.8 Å². The maximum atomic E-state index is 13.8. The smallest absolute Gasteiger partial charge is 0.417 e. The Morgan fingerprint density at radius 1 is 1.07 bits per heavy atom. The lowest BCUT2D eigenvalue weighted by Crippen LogP contribution is -2.33. The number of benzene rings is 1. The molecule has 0 atom stereocenters.